The fourth-order valence-electron chi connectivity index (χ4n) is 1.96. The second kappa shape index (κ2) is 4.57. The third kappa shape index (κ3) is 2.20. The van der Waals surface area contributed by atoms with E-state index >= 15 is 0 Å². The number of aryl methyl sites for hydroxylation is 1. The Hall–Kier alpha value is -2.62. The lowest BCUT2D eigenvalue weighted by Crippen LogP contribution is -1.85. The summed E-state index contributed by atoms with van der Waals surface area (Å²) in [6.45, 7) is 1.81. The van der Waals surface area contributed by atoms with Gasteiger partial charge in [0.15, 0.2) is 5.82 Å². The Morgan fingerprint density at radius 2 is 2.05 bits per heavy atom. The van der Waals surface area contributed by atoms with E-state index in [-0.39, 0.29) is 5.75 Å². The Kier molecular flexibility index (Phi) is 2.76. The summed E-state index contributed by atoms with van der Waals surface area (Å²) in [4.78, 5) is 4.22. The number of benzene rings is 2. The van der Waals surface area contributed by atoms with Gasteiger partial charge in [0, 0.05) is 17.8 Å². The number of nitrogens with zero attached hydrogens (tertiary/aromatic N) is 2. The highest BCUT2D eigenvalue weighted by molar-refractivity contribution is 6.02. The molecule has 94 valence electrons. The summed E-state index contributed by atoms with van der Waals surface area (Å²) >= 11 is 0. The van der Waals surface area contributed by atoms with Gasteiger partial charge in [0.25, 0.3) is 0 Å². The molecular weight excluding hydrogens is 240 g/mol. The highest BCUT2D eigenvalue weighted by Crippen LogP contribution is 2.26. The van der Waals surface area contributed by atoms with Crippen molar-refractivity contribution in [3.05, 3.63) is 53.8 Å². The van der Waals surface area contributed by atoms with Gasteiger partial charge in [-0.05, 0) is 23.8 Å². The van der Waals surface area contributed by atoms with Gasteiger partial charge < -0.3 is 9.63 Å². The first-order valence-electron chi connectivity index (χ1n) is 5.92. The summed E-state index contributed by atoms with van der Waals surface area (Å²) in [5.41, 5.74) is 0.679. The van der Waals surface area contributed by atoms with Gasteiger partial charge in [-0.15, -0.1) is 0 Å². The number of rotatable bonds is 2. The summed E-state index contributed by atoms with van der Waals surface area (Å²) in [6.07, 6.45) is 1.61. The van der Waals surface area contributed by atoms with Crippen LogP contribution in [-0.4, -0.2) is 16.5 Å². The van der Waals surface area contributed by atoms with Crippen LogP contribution >= 0.6 is 0 Å². The minimum atomic E-state index is 0.197. The SMILES string of the molecule is Cc1cc(N=Cc2c(O)ccc3ccccc23)no1. The molecule has 4 heteroatoms. The molecule has 19 heavy (non-hydrogen) atoms. The topological polar surface area (TPSA) is 58.6 Å². The minimum absolute atomic E-state index is 0.197. The molecule has 3 rings (SSSR count). The summed E-state index contributed by atoms with van der Waals surface area (Å²) < 4.78 is 4.94. The number of fused-ring (bicyclic) bond motifs is 1. The fourth-order valence-corrected chi connectivity index (χ4v) is 1.96. The lowest BCUT2D eigenvalue weighted by Gasteiger charge is -2.03. The van der Waals surface area contributed by atoms with E-state index in [0.717, 1.165) is 10.8 Å². The van der Waals surface area contributed by atoms with E-state index in [0.29, 0.717) is 17.1 Å². The van der Waals surface area contributed by atoms with E-state index in [1.54, 1.807) is 25.3 Å². The molecule has 3 aromatic rings. The third-order valence-corrected chi connectivity index (χ3v) is 2.89. The maximum atomic E-state index is 9.96. The van der Waals surface area contributed by atoms with Gasteiger partial charge in [-0.25, -0.2) is 4.99 Å². The molecule has 0 unspecified atom stereocenters. The van der Waals surface area contributed by atoms with Crippen molar-refractivity contribution in [2.45, 2.75) is 6.92 Å². The van der Waals surface area contributed by atoms with E-state index in [1.165, 1.54) is 0 Å². The maximum absolute atomic E-state index is 9.96. The number of aromatic nitrogens is 1. The van der Waals surface area contributed by atoms with E-state index in [1.807, 2.05) is 30.3 Å². The predicted molar refractivity (Wildman–Crippen MR) is 74.1 cm³/mol. The van der Waals surface area contributed by atoms with Crippen molar-refractivity contribution < 1.29 is 9.63 Å². The second-order valence-electron chi connectivity index (χ2n) is 4.27. The standard InChI is InChI=1S/C15H12N2O2/c1-10-8-15(17-19-10)16-9-13-12-5-3-2-4-11(12)6-7-14(13)18/h2-9,18H,1H3. The molecule has 2 aromatic carbocycles. The Bertz CT molecular complexity index is 760. The molecule has 1 N–H and O–H groups in total. The lowest BCUT2D eigenvalue weighted by molar-refractivity contribution is 0.399. The van der Waals surface area contributed by atoms with Crippen LogP contribution in [0.15, 0.2) is 52.0 Å². The quantitative estimate of drug-likeness (QED) is 0.709. The zero-order valence-corrected chi connectivity index (χ0v) is 10.4. The average molecular weight is 252 g/mol. The van der Waals surface area contributed by atoms with Crippen LogP contribution in [0, 0.1) is 6.92 Å². The van der Waals surface area contributed by atoms with Gasteiger partial charge in [-0.3, -0.25) is 0 Å². The van der Waals surface area contributed by atoms with Crippen LogP contribution in [0.2, 0.25) is 0 Å². The zero-order valence-electron chi connectivity index (χ0n) is 10.4. The largest absolute Gasteiger partial charge is 0.507 e. The molecule has 0 fully saturated rings. The molecule has 0 saturated carbocycles. The predicted octanol–water partition coefficient (Wildman–Crippen LogP) is 3.59. The Morgan fingerprint density at radius 3 is 2.84 bits per heavy atom. The molecule has 0 bridgehead atoms. The molecule has 4 nitrogen and oxygen atoms in total. The molecule has 1 heterocycles. The monoisotopic (exact) mass is 252 g/mol. The summed E-state index contributed by atoms with van der Waals surface area (Å²) in [5.74, 6) is 1.39. The third-order valence-electron chi connectivity index (χ3n) is 2.89. The summed E-state index contributed by atoms with van der Waals surface area (Å²) in [5, 5.41) is 15.7. The Balaban J connectivity index is 2.09. The lowest BCUT2D eigenvalue weighted by atomic mass is 10.0. The molecule has 0 radical (unpaired) electrons. The average Bonchev–Trinajstić information content (AvgIpc) is 2.83. The van der Waals surface area contributed by atoms with Crippen LogP contribution in [0.3, 0.4) is 0 Å². The zero-order chi connectivity index (χ0) is 13.2. The van der Waals surface area contributed by atoms with Gasteiger partial charge in [-0.1, -0.05) is 35.5 Å². The van der Waals surface area contributed by atoms with Crippen molar-refractivity contribution in [1.82, 2.24) is 5.16 Å². The number of phenolic OH excluding ortho intramolecular Hbond substituents is 1. The van der Waals surface area contributed by atoms with Crippen molar-refractivity contribution in [3.8, 4) is 5.75 Å². The van der Waals surface area contributed by atoms with E-state index in [4.69, 9.17) is 4.52 Å². The summed E-state index contributed by atoms with van der Waals surface area (Å²) in [6, 6.07) is 13.1. The van der Waals surface area contributed by atoms with Crippen LogP contribution in [0.1, 0.15) is 11.3 Å². The first kappa shape index (κ1) is 11.5. The van der Waals surface area contributed by atoms with Crippen LogP contribution in [0.4, 0.5) is 5.82 Å². The normalized spacial score (nSPS) is 11.4. The molecule has 0 amide bonds. The number of aliphatic imine (C=N–C) groups is 1. The minimum Gasteiger partial charge on any atom is -0.507 e. The van der Waals surface area contributed by atoms with Crippen LogP contribution in [0.25, 0.3) is 10.8 Å². The molecule has 0 aliphatic rings. The highest BCUT2D eigenvalue weighted by atomic mass is 16.5. The van der Waals surface area contributed by atoms with Crippen molar-refractivity contribution in [2.75, 3.05) is 0 Å². The maximum Gasteiger partial charge on any atom is 0.195 e. The van der Waals surface area contributed by atoms with Crippen molar-refractivity contribution in [2.24, 2.45) is 4.99 Å². The molecule has 0 atom stereocenters. The van der Waals surface area contributed by atoms with E-state index in [2.05, 4.69) is 10.1 Å². The van der Waals surface area contributed by atoms with Crippen molar-refractivity contribution >= 4 is 22.8 Å². The van der Waals surface area contributed by atoms with Gasteiger partial charge >= 0.3 is 0 Å². The highest BCUT2D eigenvalue weighted by Gasteiger charge is 2.04. The Morgan fingerprint density at radius 1 is 1.21 bits per heavy atom. The van der Waals surface area contributed by atoms with Crippen LogP contribution in [-0.2, 0) is 0 Å². The molecule has 1 aromatic heterocycles. The van der Waals surface area contributed by atoms with Crippen LogP contribution < -0.4 is 0 Å². The van der Waals surface area contributed by atoms with E-state index in [9.17, 15) is 5.11 Å². The van der Waals surface area contributed by atoms with Gasteiger partial charge in [0.05, 0.1) is 0 Å². The molecular formula is C15H12N2O2. The van der Waals surface area contributed by atoms with Crippen LogP contribution in [0.5, 0.6) is 5.75 Å². The van der Waals surface area contributed by atoms with Crippen molar-refractivity contribution in [1.29, 1.82) is 0 Å². The molecule has 0 spiro atoms. The molecule has 0 aliphatic heterocycles. The number of phenols is 1. The number of hydrogen-bond donors (Lipinski definition) is 1. The smallest absolute Gasteiger partial charge is 0.195 e. The van der Waals surface area contributed by atoms with Gasteiger partial charge in [0.1, 0.15) is 11.5 Å². The van der Waals surface area contributed by atoms with Gasteiger partial charge in [-0.2, -0.15) is 0 Å². The molecule has 0 saturated heterocycles. The number of aromatic hydroxyl groups is 1. The van der Waals surface area contributed by atoms with Gasteiger partial charge in [0.2, 0.25) is 0 Å². The first-order valence-corrected chi connectivity index (χ1v) is 5.92. The number of hydrogen-bond acceptors (Lipinski definition) is 4. The summed E-state index contributed by atoms with van der Waals surface area (Å²) in [7, 11) is 0. The molecule has 0 aliphatic carbocycles. The van der Waals surface area contributed by atoms with E-state index < -0.39 is 0 Å². The Labute approximate surface area is 110 Å². The first-order chi connectivity index (χ1) is 9.24. The van der Waals surface area contributed by atoms with Crippen molar-refractivity contribution in [3.63, 3.8) is 0 Å². The fraction of sp³-hybridized carbons (Fsp3) is 0.0667. The second-order valence-corrected chi connectivity index (χ2v) is 4.27.